The molecule has 1 aromatic rings. The molecule has 0 aliphatic heterocycles. The Balaban J connectivity index is 2.64. The highest BCUT2D eigenvalue weighted by atomic mass is 16.2. The molecule has 0 radical (unpaired) electrons. The molecule has 1 rings (SSSR count). The number of aryl methyl sites for hydroxylation is 2. The molecule has 3 nitrogen and oxygen atoms in total. The Labute approximate surface area is 104 Å². The van der Waals surface area contributed by atoms with Gasteiger partial charge in [0.1, 0.15) is 0 Å². The fourth-order valence-electron chi connectivity index (χ4n) is 1.74. The van der Waals surface area contributed by atoms with E-state index in [-0.39, 0.29) is 5.91 Å². The van der Waals surface area contributed by atoms with E-state index in [1.54, 1.807) is 4.90 Å². The number of amides is 1. The van der Waals surface area contributed by atoms with Crippen molar-refractivity contribution in [2.75, 3.05) is 20.6 Å². The fourth-order valence-corrected chi connectivity index (χ4v) is 1.74. The van der Waals surface area contributed by atoms with E-state index in [4.69, 9.17) is 0 Å². The van der Waals surface area contributed by atoms with Gasteiger partial charge in [-0.1, -0.05) is 23.8 Å². The summed E-state index contributed by atoms with van der Waals surface area (Å²) in [5.41, 5.74) is 3.70. The van der Waals surface area contributed by atoms with E-state index in [0.29, 0.717) is 13.0 Å². The lowest BCUT2D eigenvalue weighted by Gasteiger charge is -2.19. The van der Waals surface area contributed by atoms with Gasteiger partial charge in [0.05, 0.1) is 0 Å². The van der Waals surface area contributed by atoms with Gasteiger partial charge in [0.15, 0.2) is 0 Å². The Morgan fingerprint density at radius 1 is 1.35 bits per heavy atom. The van der Waals surface area contributed by atoms with Crippen LogP contribution in [0.4, 0.5) is 0 Å². The molecule has 0 saturated carbocycles. The highest BCUT2D eigenvalue weighted by Gasteiger charge is 2.09. The summed E-state index contributed by atoms with van der Waals surface area (Å²) in [6.07, 6.45) is 0.553. The summed E-state index contributed by atoms with van der Waals surface area (Å²) in [7, 11) is 3.72. The predicted molar refractivity (Wildman–Crippen MR) is 70.9 cm³/mol. The first-order valence-electron chi connectivity index (χ1n) is 5.99. The van der Waals surface area contributed by atoms with Crippen LogP contribution >= 0.6 is 0 Å². The van der Waals surface area contributed by atoms with E-state index in [9.17, 15) is 4.79 Å². The van der Waals surface area contributed by atoms with Crippen LogP contribution in [0.2, 0.25) is 0 Å². The number of nitrogens with zero attached hydrogens (tertiary/aromatic N) is 1. The van der Waals surface area contributed by atoms with E-state index < -0.39 is 0 Å². The molecule has 0 unspecified atom stereocenters. The summed E-state index contributed by atoms with van der Waals surface area (Å²) in [4.78, 5) is 13.6. The van der Waals surface area contributed by atoms with Crippen LogP contribution in [0.25, 0.3) is 0 Å². The second kappa shape index (κ2) is 6.40. The lowest BCUT2D eigenvalue weighted by molar-refractivity contribution is -0.130. The molecule has 0 aromatic heterocycles. The van der Waals surface area contributed by atoms with Crippen LogP contribution < -0.4 is 5.32 Å². The Kier molecular flexibility index (Phi) is 5.16. The quantitative estimate of drug-likeness (QED) is 0.843. The van der Waals surface area contributed by atoms with Crippen LogP contribution in [0.3, 0.4) is 0 Å². The molecule has 0 spiro atoms. The summed E-state index contributed by atoms with van der Waals surface area (Å²) in [6.45, 7) is 5.58. The predicted octanol–water partition coefficient (Wildman–Crippen LogP) is 1.87. The average molecular weight is 234 g/mol. The Bertz CT molecular complexity index is 388. The average Bonchev–Trinajstić information content (AvgIpc) is 2.30. The summed E-state index contributed by atoms with van der Waals surface area (Å²) in [5.74, 6) is 0.181. The molecule has 3 heteroatoms. The van der Waals surface area contributed by atoms with Crippen LogP contribution in [-0.4, -0.2) is 31.4 Å². The second-order valence-electron chi connectivity index (χ2n) is 4.53. The van der Waals surface area contributed by atoms with Gasteiger partial charge in [-0.05, 0) is 32.0 Å². The maximum Gasteiger partial charge on any atom is 0.223 e. The van der Waals surface area contributed by atoms with Gasteiger partial charge in [-0.2, -0.15) is 0 Å². The molecule has 0 bridgehead atoms. The van der Waals surface area contributed by atoms with Gasteiger partial charge in [0.25, 0.3) is 0 Å². The minimum absolute atomic E-state index is 0.181. The molecule has 0 saturated heterocycles. The van der Waals surface area contributed by atoms with Crippen molar-refractivity contribution in [1.82, 2.24) is 10.2 Å². The standard InChI is InChI=1S/C14H22N2O/c1-11-5-6-12(2)13(9-11)10-16(4)14(17)7-8-15-3/h5-6,9,15H,7-8,10H2,1-4H3. The molecule has 1 amide bonds. The summed E-state index contributed by atoms with van der Waals surface area (Å²) in [5, 5.41) is 2.99. The van der Waals surface area contributed by atoms with Crippen molar-refractivity contribution in [3.8, 4) is 0 Å². The topological polar surface area (TPSA) is 32.3 Å². The van der Waals surface area contributed by atoms with Crippen molar-refractivity contribution in [2.45, 2.75) is 26.8 Å². The van der Waals surface area contributed by atoms with Crippen LogP contribution in [0, 0.1) is 13.8 Å². The maximum absolute atomic E-state index is 11.8. The van der Waals surface area contributed by atoms with Gasteiger partial charge in [-0.15, -0.1) is 0 Å². The number of hydrogen-bond acceptors (Lipinski definition) is 2. The molecule has 0 aliphatic carbocycles. The third-order valence-corrected chi connectivity index (χ3v) is 2.93. The Morgan fingerprint density at radius 3 is 2.71 bits per heavy atom. The van der Waals surface area contributed by atoms with Crippen molar-refractivity contribution in [1.29, 1.82) is 0 Å². The Hall–Kier alpha value is -1.35. The van der Waals surface area contributed by atoms with Crippen LogP contribution in [0.1, 0.15) is 23.1 Å². The first kappa shape index (κ1) is 13.7. The van der Waals surface area contributed by atoms with Crippen LogP contribution in [-0.2, 0) is 11.3 Å². The Morgan fingerprint density at radius 2 is 2.06 bits per heavy atom. The minimum Gasteiger partial charge on any atom is -0.341 e. The molecule has 0 heterocycles. The van der Waals surface area contributed by atoms with Gasteiger partial charge < -0.3 is 10.2 Å². The molecule has 0 atom stereocenters. The van der Waals surface area contributed by atoms with E-state index in [1.165, 1.54) is 16.7 Å². The smallest absolute Gasteiger partial charge is 0.223 e. The molecule has 1 N–H and O–H groups in total. The highest BCUT2D eigenvalue weighted by molar-refractivity contribution is 5.76. The zero-order chi connectivity index (χ0) is 12.8. The molecule has 94 valence electrons. The highest BCUT2D eigenvalue weighted by Crippen LogP contribution is 2.12. The van der Waals surface area contributed by atoms with E-state index >= 15 is 0 Å². The van der Waals surface area contributed by atoms with Crippen LogP contribution in [0.15, 0.2) is 18.2 Å². The number of benzene rings is 1. The zero-order valence-corrected chi connectivity index (χ0v) is 11.2. The maximum atomic E-state index is 11.8. The first-order valence-corrected chi connectivity index (χ1v) is 5.99. The molecule has 1 aromatic carbocycles. The third-order valence-electron chi connectivity index (χ3n) is 2.93. The normalized spacial score (nSPS) is 10.4. The largest absolute Gasteiger partial charge is 0.341 e. The molecule has 17 heavy (non-hydrogen) atoms. The van der Waals surface area contributed by atoms with Crippen molar-refractivity contribution < 1.29 is 4.79 Å². The van der Waals surface area contributed by atoms with Gasteiger partial charge in [-0.3, -0.25) is 4.79 Å². The molecule has 0 aliphatic rings. The van der Waals surface area contributed by atoms with Crippen LogP contribution in [0.5, 0.6) is 0 Å². The van der Waals surface area contributed by atoms with E-state index in [0.717, 1.165) is 6.54 Å². The van der Waals surface area contributed by atoms with Crippen molar-refractivity contribution >= 4 is 5.91 Å². The number of nitrogens with one attached hydrogen (secondary N) is 1. The fraction of sp³-hybridized carbons (Fsp3) is 0.500. The van der Waals surface area contributed by atoms with Crippen molar-refractivity contribution in [3.63, 3.8) is 0 Å². The van der Waals surface area contributed by atoms with Gasteiger partial charge >= 0.3 is 0 Å². The number of rotatable bonds is 5. The third kappa shape index (κ3) is 4.19. The minimum atomic E-state index is 0.181. The number of hydrogen-bond donors (Lipinski definition) is 1. The van der Waals surface area contributed by atoms with Gasteiger partial charge in [0, 0.05) is 26.6 Å². The molecular weight excluding hydrogens is 212 g/mol. The molecular formula is C14H22N2O. The monoisotopic (exact) mass is 234 g/mol. The van der Waals surface area contributed by atoms with Crippen molar-refractivity contribution in [2.24, 2.45) is 0 Å². The van der Waals surface area contributed by atoms with E-state index in [2.05, 4.69) is 37.4 Å². The lowest BCUT2D eigenvalue weighted by Crippen LogP contribution is -2.29. The van der Waals surface area contributed by atoms with E-state index in [1.807, 2.05) is 14.1 Å². The van der Waals surface area contributed by atoms with Gasteiger partial charge in [0.2, 0.25) is 5.91 Å². The molecule has 0 fully saturated rings. The second-order valence-corrected chi connectivity index (χ2v) is 4.53. The summed E-state index contributed by atoms with van der Waals surface area (Å²) >= 11 is 0. The number of carbonyl (C=O) groups excluding carboxylic acids is 1. The van der Waals surface area contributed by atoms with Crippen molar-refractivity contribution in [3.05, 3.63) is 34.9 Å². The lowest BCUT2D eigenvalue weighted by atomic mass is 10.1. The summed E-state index contributed by atoms with van der Waals surface area (Å²) < 4.78 is 0. The number of carbonyl (C=O) groups is 1. The summed E-state index contributed by atoms with van der Waals surface area (Å²) in [6, 6.07) is 6.36. The first-order chi connectivity index (χ1) is 8.04. The zero-order valence-electron chi connectivity index (χ0n) is 11.2. The SMILES string of the molecule is CNCCC(=O)N(C)Cc1cc(C)ccc1C. The van der Waals surface area contributed by atoms with Gasteiger partial charge in [-0.25, -0.2) is 0 Å².